The monoisotopic (exact) mass is 357 g/mol. The molecule has 0 heterocycles. The lowest BCUT2D eigenvalue weighted by Crippen LogP contribution is -2.12. The van der Waals surface area contributed by atoms with Gasteiger partial charge in [0.2, 0.25) is 0 Å². The molecule has 0 atom stereocenters. The van der Waals surface area contributed by atoms with Crippen LogP contribution in [0.4, 0.5) is 4.39 Å². The normalized spacial score (nSPS) is 10.6. The van der Waals surface area contributed by atoms with Crippen LogP contribution in [0, 0.1) is 5.82 Å². The predicted molar refractivity (Wildman–Crippen MR) is 83.0 cm³/mol. The number of halogens is 3. The van der Waals surface area contributed by atoms with Crippen molar-refractivity contribution in [1.29, 1.82) is 0 Å². The van der Waals surface area contributed by atoms with Crippen molar-refractivity contribution >= 4 is 27.5 Å². The summed E-state index contributed by atoms with van der Waals surface area (Å²) in [5.74, 6) is 0.774. The van der Waals surface area contributed by atoms with Gasteiger partial charge in [0.05, 0.1) is 5.02 Å². The maximum absolute atomic E-state index is 13.1. The van der Waals surface area contributed by atoms with Crippen LogP contribution >= 0.6 is 27.5 Å². The lowest BCUT2D eigenvalue weighted by atomic mass is 10.2. The summed E-state index contributed by atoms with van der Waals surface area (Å²) < 4.78 is 19.9. The second kappa shape index (κ2) is 7.07. The first-order valence-corrected chi connectivity index (χ1v) is 7.39. The third-order valence-electron chi connectivity index (χ3n) is 2.71. The zero-order valence-corrected chi connectivity index (χ0v) is 13.3. The number of nitrogens with one attached hydrogen (secondary N) is 1. The summed E-state index contributed by atoms with van der Waals surface area (Å²) in [6, 6.07) is 10.1. The molecule has 0 saturated carbocycles. The molecule has 2 nitrogen and oxygen atoms in total. The molecular formula is C15H14BrClFNO. The van der Waals surface area contributed by atoms with E-state index in [1.807, 2.05) is 25.1 Å². The van der Waals surface area contributed by atoms with Gasteiger partial charge in [-0.2, -0.15) is 0 Å². The van der Waals surface area contributed by atoms with Crippen LogP contribution < -0.4 is 10.1 Å². The number of benzene rings is 2. The smallest absolute Gasteiger partial charge is 0.142 e. The molecule has 0 amide bonds. The van der Waals surface area contributed by atoms with Crippen LogP contribution in [0.1, 0.15) is 12.5 Å². The van der Waals surface area contributed by atoms with E-state index in [1.54, 1.807) is 6.07 Å². The fraction of sp³-hybridized carbons (Fsp3) is 0.200. The SMILES string of the molecule is CCNCc1cc(Br)ccc1Oc1ccc(F)c(Cl)c1. The van der Waals surface area contributed by atoms with Crippen LogP contribution in [0.15, 0.2) is 40.9 Å². The Morgan fingerprint density at radius 1 is 1.25 bits per heavy atom. The van der Waals surface area contributed by atoms with E-state index in [0.717, 1.165) is 22.3 Å². The minimum absolute atomic E-state index is 0.0489. The van der Waals surface area contributed by atoms with Crippen LogP contribution in [-0.2, 0) is 6.54 Å². The summed E-state index contributed by atoms with van der Waals surface area (Å²) in [6.07, 6.45) is 0. The van der Waals surface area contributed by atoms with Gasteiger partial charge in [-0.1, -0.05) is 34.5 Å². The average molecular weight is 359 g/mol. The summed E-state index contributed by atoms with van der Waals surface area (Å²) in [7, 11) is 0. The molecule has 2 aromatic carbocycles. The molecule has 20 heavy (non-hydrogen) atoms. The molecule has 0 saturated heterocycles. The van der Waals surface area contributed by atoms with Crippen LogP contribution in [0.25, 0.3) is 0 Å². The zero-order valence-electron chi connectivity index (χ0n) is 10.9. The molecular weight excluding hydrogens is 345 g/mol. The van der Waals surface area contributed by atoms with E-state index in [1.165, 1.54) is 12.1 Å². The van der Waals surface area contributed by atoms with Gasteiger partial charge in [-0.3, -0.25) is 0 Å². The van der Waals surface area contributed by atoms with Gasteiger partial charge in [0.25, 0.3) is 0 Å². The van der Waals surface area contributed by atoms with Gasteiger partial charge in [-0.05, 0) is 36.9 Å². The molecule has 0 aliphatic rings. The third-order valence-corrected chi connectivity index (χ3v) is 3.49. The average Bonchev–Trinajstić information content (AvgIpc) is 2.43. The Hall–Kier alpha value is -1.10. The van der Waals surface area contributed by atoms with Crippen molar-refractivity contribution in [3.05, 3.63) is 57.3 Å². The largest absolute Gasteiger partial charge is 0.457 e. The number of rotatable bonds is 5. The van der Waals surface area contributed by atoms with Crippen LogP contribution in [0.2, 0.25) is 5.02 Å². The number of hydrogen-bond donors (Lipinski definition) is 1. The molecule has 5 heteroatoms. The van der Waals surface area contributed by atoms with E-state index >= 15 is 0 Å². The fourth-order valence-corrected chi connectivity index (χ4v) is 2.29. The quantitative estimate of drug-likeness (QED) is 0.798. The lowest BCUT2D eigenvalue weighted by molar-refractivity contribution is 0.471. The highest BCUT2D eigenvalue weighted by molar-refractivity contribution is 9.10. The molecule has 106 valence electrons. The lowest BCUT2D eigenvalue weighted by Gasteiger charge is -2.12. The Bertz CT molecular complexity index is 606. The van der Waals surface area contributed by atoms with E-state index in [2.05, 4.69) is 21.2 Å². The summed E-state index contributed by atoms with van der Waals surface area (Å²) in [5, 5.41) is 3.30. The van der Waals surface area contributed by atoms with E-state index in [4.69, 9.17) is 16.3 Å². The van der Waals surface area contributed by atoms with Gasteiger partial charge in [-0.25, -0.2) is 4.39 Å². The van der Waals surface area contributed by atoms with Crippen molar-refractivity contribution in [2.24, 2.45) is 0 Å². The predicted octanol–water partition coefficient (Wildman–Crippen LogP) is 5.14. The molecule has 0 radical (unpaired) electrons. The number of ether oxygens (including phenoxy) is 1. The summed E-state index contributed by atoms with van der Waals surface area (Å²) in [5.41, 5.74) is 1.02. The molecule has 1 N–H and O–H groups in total. The van der Waals surface area contributed by atoms with Crippen molar-refractivity contribution in [2.75, 3.05) is 6.54 Å². The van der Waals surface area contributed by atoms with E-state index < -0.39 is 5.82 Å². The Morgan fingerprint density at radius 2 is 2.05 bits per heavy atom. The second-order valence-corrected chi connectivity index (χ2v) is 5.53. The summed E-state index contributed by atoms with van der Waals surface area (Å²) >= 11 is 9.19. The van der Waals surface area contributed by atoms with E-state index in [9.17, 15) is 4.39 Å². The first kappa shape index (κ1) is 15.3. The molecule has 0 bridgehead atoms. The molecule has 0 fully saturated rings. The second-order valence-electron chi connectivity index (χ2n) is 4.21. The highest BCUT2D eigenvalue weighted by atomic mass is 79.9. The van der Waals surface area contributed by atoms with Crippen LogP contribution in [-0.4, -0.2) is 6.54 Å². The van der Waals surface area contributed by atoms with Gasteiger partial charge in [0, 0.05) is 22.6 Å². The number of hydrogen-bond acceptors (Lipinski definition) is 2. The van der Waals surface area contributed by atoms with Crippen molar-refractivity contribution in [2.45, 2.75) is 13.5 Å². The van der Waals surface area contributed by atoms with Crippen LogP contribution in [0.5, 0.6) is 11.5 Å². The minimum Gasteiger partial charge on any atom is -0.457 e. The topological polar surface area (TPSA) is 21.3 Å². The molecule has 2 aromatic rings. The minimum atomic E-state index is -0.456. The fourth-order valence-electron chi connectivity index (χ4n) is 1.71. The summed E-state index contributed by atoms with van der Waals surface area (Å²) in [4.78, 5) is 0. The molecule has 2 rings (SSSR count). The van der Waals surface area contributed by atoms with Gasteiger partial charge in [0.15, 0.2) is 0 Å². The van der Waals surface area contributed by atoms with Crippen molar-refractivity contribution in [3.63, 3.8) is 0 Å². The Labute approximate surface area is 131 Å². The molecule has 0 spiro atoms. The standard InChI is InChI=1S/C15H14BrClFNO/c1-2-19-9-10-7-11(16)3-6-15(10)20-12-4-5-14(18)13(17)8-12/h3-8,19H,2,9H2,1H3. The highest BCUT2D eigenvalue weighted by Crippen LogP contribution is 2.30. The molecule has 0 unspecified atom stereocenters. The van der Waals surface area contributed by atoms with Crippen molar-refractivity contribution in [3.8, 4) is 11.5 Å². The molecule has 0 aliphatic heterocycles. The Morgan fingerprint density at radius 3 is 2.75 bits per heavy atom. The first-order chi connectivity index (χ1) is 9.60. The van der Waals surface area contributed by atoms with Crippen molar-refractivity contribution < 1.29 is 9.13 Å². The Kier molecular flexibility index (Phi) is 5.40. The van der Waals surface area contributed by atoms with E-state index in [-0.39, 0.29) is 5.02 Å². The van der Waals surface area contributed by atoms with E-state index in [0.29, 0.717) is 12.3 Å². The third kappa shape index (κ3) is 3.95. The zero-order chi connectivity index (χ0) is 14.5. The summed E-state index contributed by atoms with van der Waals surface area (Å²) in [6.45, 7) is 3.60. The van der Waals surface area contributed by atoms with Gasteiger partial charge in [0.1, 0.15) is 17.3 Å². The highest BCUT2D eigenvalue weighted by Gasteiger charge is 2.07. The maximum Gasteiger partial charge on any atom is 0.142 e. The molecule has 0 aliphatic carbocycles. The first-order valence-electron chi connectivity index (χ1n) is 6.22. The van der Waals surface area contributed by atoms with Crippen LogP contribution in [0.3, 0.4) is 0 Å². The Balaban J connectivity index is 2.25. The van der Waals surface area contributed by atoms with Gasteiger partial charge >= 0.3 is 0 Å². The van der Waals surface area contributed by atoms with Crippen molar-refractivity contribution in [1.82, 2.24) is 5.32 Å². The van der Waals surface area contributed by atoms with Gasteiger partial charge in [-0.15, -0.1) is 0 Å². The van der Waals surface area contributed by atoms with Gasteiger partial charge < -0.3 is 10.1 Å². The molecule has 0 aromatic heterocycles. The maximum atomic E-state index is 13.1.